The summed E-state index contributed by atoms with van der Waals surface area (Å²) in [7, 11) is 0. The van der Waals surface area contributed by atoms with Crippen LogP contribution < -0.4 is 5.73 Å². The third kappa shape index (κ3) is 2.25. The van der Waals surface area contributed by atoms with E-state index in [1.54, 1.807) is 6.07 Å². The topological polar surface area (TPSA) is 72.4 Å². The summed E-state index contributed by atoms with van der Waals surface area (Å²) in [5.74, 6) is 1.11. The van der Waals surface area contributed by atoms with Crippen molar-refractivity contribution in [3.63, 3.8) is 0 Å². The lowest BCUT2D eigenvalue weighted by Gasteiger charge is -2.43. The lowest BCUT2D eigenvalue weighted by atomic mass is 9.88. The van der Waals surface area contributed by atoms with Crippen LogP contribution in [0.15, 0.2) is 22.6 Å². The number of carbonyl (C=O) groups excluding carboxylic acids is 1. The van der Waals surface area contributed by atoms with E-state index in [4.69, 9.17) is 15.1 Å². The molecule has 1 saturated heterocycles. The van der Waals surface area contributed by atoms with E-state index in [0.29, 0.717) is 17.2 Å². The van der Waals surface area contributed by atoms with E-state index >= 15 is 0 Å². The summed E-state index contributed by atoms with van der Waals surface area (Å²) in [6.45, 7) is 1.17. The van der Waals surface area contributed by atoms with Crippen molar-refractivity contribution in [3.05, 3.63) is 29.7 Å². The Morgan fingerprint density at radius 3 is 2.84 bits per heavy atom. The van der Waals surface area contributed by atoms with Crippen LogP contribution in [0.2, 0.25) is 0 Å². The third-order valence-corrected chi connectivity index (χ3v) is 6.69. The summed E-state index contributed by atoms with van der Waals surface area (Å²) in [6.07, 6.45) is 10.1. The maximum absolute atomic E-state index is 11.7. The van der Waals surface area contributed by atoms with Crippen LogP contribution in [0.4, 0.5) is 0 Å². The quantitative estimate of drug-likeness (QED) is 0.928. The minimum Gasteiger partial charge on any atom is -0.438 e. The second kappa shape index (κ2) is 5.56. The number of hydrogen-bond donors (Lipinski definition) is 1. The first-order valence-corrected chi connectivity index (χ1v) is 9.64. The monoisotopic (exact) mass is 339 g/mol. The van der Waals surface area contributed by atoms with Gasteiger partial charge in [-0.3, -0.25) is 9.69 Å². The number of oxazole rings is 1. The smallest absolute Gasteiger partial charge is 0.252 e. The number of rotatable bonds is 3. The number of para-hydroxylation sites is 1. The molecule has 2 atom stereocenters. The first-order valence-electron chi connectivity index (χ1n) is 9.64. The summed E-state index contributed by atoms with van der Waals surface area (Å²) in [5.41, 5.74) is 7.19. The zero-order chi connectivity index (χ0) is 17.0. The van der Waals surface area contributed by atoms with Crippen molar-refractivity contribution < 1.29 is 9.21 Å². The first kappa shape index (κ1) is 15.4. The Morgan fingerprint density at radius 1 is 1.24 bits per heavy atom. The highest BCUT2D eigenvalue weighted by Gasteiger charge is 2.56. The fourth-order valence-corrected chi connectivity index (χ4v) is 5.54. The number of nitrogens with two attached hydrogens (primary N) is 1. The summed E-state index contributed by atoms with van der Waals surface area (Å²) in [5, 5.41) is 0. The van der Waals surface area contributed by atoms with Gasteiger partial charge in [0, 0.05) is 12.6 Å². The van der Waals surface area contributed by atoms with E-state index in [-0.39, 0.29) is 5.54 Å². The molecule has 25 heavy (non-hydrogen) atoms. The molecule has 2 aliphatic carbocycles. The molecule has 2 bridgehead atoms. The number of benzene rings is 1. The number of aromatic nitrogens is 1. The Morgan fingerprint density at radius 2 is 2.08 bits per heavy atom. The van der Waals surface area contributed by atoms with Crippen LogP contribution >= 0.6 is 0 Å². The van der Waals surface area contributed by atoms with Gasteiger partial charge in [0.2, 0.25) is 5.89 Å². The highest BCUT2D eigenvalue weighted by Crippen LogP contribution is 2.55. The van der Waals surface area contributed by atoms with Gasteiger partial charge in [-0.25, -0.2) is 4.98 Å². The van der Waals surface area contributed by atoms with Gasteiger partial charge in [-0.1, -0.05) is 25.3 Å². The molecule has 2 N–H and O–H groups in total. The second-order valence-electron chi connectivity index (χ2n) is 8.12. The molecule has 0 spiro atoms. The average molecular weight is 339 g/mol. The molecule has 5 rings (SSSR count). The van der Waals surface area contributed by atoms with Crippen LogP contribution in [-0.4, -0.2) is 28.4 Å². The van der Waals surface area contributed by atoms with Crippen LogP contribution in [0, 0.1) is 5.92 Å². The van der Waals surface area contributed by atoms with Crippen molar-refractivity contribution >= 4 is 17.0 Å². The van der Waals surface area contributed by atoms with Crippen molar-refractivity contribution in [2.45, 2.75) is 62.9 Å². The molecule has 1 aliphatic heterocycles. The lowest BCUT2D eigenvalue weighted by molar-refractivity contribution is 0.0279. The van der Waals surface area contributed by atoms with Gasteiger partial charge in [-0.15, -0.1) is 0 Å². The van der Waals surface area contributed by atoms with E-state index in [0.717, 1.165) is 30.2 Å². The number of likely N-dealkylation sites (tertiary alicyclic amines) is 1. The zero-order valence-electron chi connectivity index (χ0n) is 14.5. The fraction of sp³-hybridized carbons (Fsp3) is 0.600. The van der Waals surface area contributed by atoms with E-state index in [1.807, 2.05) is 12.1 Å². The van der Waals surface area contributed by atoms with Crippen LogP contribution in [0.3, 0.4) is 0 Å². The van der Waals surface area contributed by atoms with Gasteiger partial charge < -0.3 is 10.2 Å². The summed E-state index contributed by atoms with van der Waals surface area (Å²) < 4.78 is 6.23. The fourth-order valence-electron chi connectivity index (χ4n) is 5.54. The van der Waals surface area contributed by atoms with E-state index in [1.165, 1.54) is 45.1 Å². The standard InChI is InChI=1S/C20H25N3O2/c21-18(24)15-7-4-8-16-17(15)25-19(22-16)20-10-9-13(11-20)12-23(20)14-5-2-1-3-6-14/h4,7-8,13-14H,1-3,5-6,9-12H2,(H2,21,24). The minimum absolute atomic E-state index is 0.0688. The molecule has 1 aromatic heterocycles. The van der Waals surface area contributed by atoms with Gasteiger partial charge in [0.05, 0.1) is 11.1 Å². The van der Waals surface area contributed by atoms with Crippen LogP contribution in [0.5, 0.6) is 0 Å². The Kier molecular flexibility index (Phi) is 3.42. The lowest BCUT2D eigenvalue weighted by Crippen LogP contribution is -2.49. The van der Waals surface area contributed by atoms with Crippen LogP contribution in [-0.2, 0) is 5.54 Å². The number of piperidine rings is 1. The molecule has 3 fully saturated rings. The number of primary amides is 1. The Hall–Kier alpha value is -1.88. The predicted molar refractivity (Wildman–Crippen MR) is 95.1 cm³/mol. The SMILES string of the molecule is NC(=O)c1cccc2nc(C34CCC(CN3C3CCCCC3)C4)oc12. The molecule has 3 aliphatic rings. The van der Waals surface area contributed by atoms with Crippen molar-refractivity contribution in [2.75, 3.05) is 6.54 Å². The Balaban J connectivity index is 1.59. The van der Waals surface area contributed by atoms with Crippen molar-refractivity contribution in [1.82, 2.24) is 9.88 Å². The molecule has 2 saturated carbocycles. The number of amides is 1. The first-order chi connectivity index (χ1) is 12.2. The van der Waals surface area contributed by atoms with E-state index in [9.17, 15) is 4.79 Å². The average Bonchev–Trinajstić information content (AvgIpc) is 3.34. The van der Waals surface area contributed by atoms with Gasteiger partial charge >= 0.3 is 0 Å². The van der Waals surface area contributed by atoms with E-state index in [2.05, 4.69) is 4.90 Å². The number of carbonyl (C=O) groups is 1. The maximum Gasteiger partial charge on any atom is 0.252 e. The van der Waals surface area contributed by atoms with Crippen molar-refractivity contribution in [1.29, 1.82) is 0 Å². The second-order valence-corrected chi connectivity index (χ2v) is 8.12. The highest BCUT2D eigenvalue weighted by molar-refractivity contribution is 6.03. The minimum atomic E-state index is -0.453. The molecule has 2 unspecified atom stereocenters. The number of fused-ring (bicyclic) bond motifs is 3. The highest BCUT2D eigenvalue weighted by atomic mass is 16.4. The molecular weight excluding hydrogens is 314 g/mol. The van der Waals surface area contributed by atoms with Crippen LogP contribution in [0.1, 0.15) is 67.6 Å². The maximum atomic E-state index is 11.7. The predicted octanol–water partition coefficient (Wildman–Crippen LogP) is 3.57. The summed E-state index contributed by atoms with van der Waals surface area (Å²) in [6, 6.07) is 6.13. The third-order valence-electron chi connectivity index (χ3n) is 6.69. The summed E-state index contributed by atoms with van der Waals surface area (Å²) >= 11 is 0. The molecule has 1 amide bonds. The van der Waals surface area contributed by atoms with Gasteiger partial charge in [0.1, 0.15) is 5.52 Å². The van der Waals surface area contributed by atoms with Gasteiger partial charge in [-0.05, 0) is 50.2 Å². The van der Waals surface area contributed by atoms with Crippen molar-refractivity contribution in [2.24, 2.45) is 11.7 Å². The normalized spacial score (nSPS) is 30.3. The molecule has 0 radical (unpaired) electrons. The van der Waals surface area contributed by atoms with Crippen molar-refractivity contribution in [3.8, 4) is 0 Å². The Bertz CT molecular complexity index is 823. The molecule has 2 aromatic rings. The zero-order valence-corrected chi connectivity index (χ0v) is 14.5. The van der Waals surface area contributed by atoms with E-state index < -0.39 is 5.91 Å². The molecule has 5 heteroatoms. The molecular formula is C20H25N3O2. The van der Waals surface area contributed by atoms with Gasteiger partial charge in [-0.2, -0.15) is 0 Å². The molecule has 2 heterocycles. The largest absolute Gasteiger partial charge is 0.438 e. The Labute approximate surface area is 147 Å². The molecule has 132 valence electrons. The molecule has 1 aromatic carbocycles. The summed E-state index contributed by atoms with van der Waals surface area (Å²) in [4.78, 5) is 19.3. The van der Waals surface area contributed by atoms with Gasteiger partial charge in [0.15, 0.2) is 5.58 Å². The number of hydrogen-bond acceptors (Lipinski definition) is 4. The van der Waals surface area contributed by atoms with Crippen LogP contribution in [0.25, 0.3) is 11.1 Å². The molecule has 5 nitrogen and oxygen atoms in total. The van der Waals surface area contributed by atoms with Gasteiger partial charge in [0.25, 0.3) is 5.91 Å². The number of nitrogens with zero attached hydrogens (tertiary/aromatic N) is 2.